The molecule has 2 unspecified atom stereocenters. The van der Waals surface area contributed by atoms with E-state index in [0.29, 0.717) is 12.0 Å². The SMILES string of the molecule is O=C(O)CC1CC(O[C@@H](c2cccc(C(F)(F)F)c2)C2CCCC2)c2c1[nH]c1ccccc21. The minimum Gasteiger partial charge on any atom is -0.481 e. The topological polar surface area (TPSA) is 62.3 Å². The first-order chi connectivity index (χ1) is 15.8. The Kier molecular flexibility index (Phi) is 5.69. The Morgan fingerprint density at radius 2 is 1.88 bits per heavy atom. The summed E-state index contributed by atoms with van der Waals surface area (Å²) in [5.74, 6) is -0.961. The number of halogens is 3. The van der Waals surface area contributed by atoms with Gasteiger partial charge in [0.15, 0.2) is 0 Å². The number of fused-ring (bicyclic) bond motifs is 3. The number of aromatic amines is 1. The molecule has 0 aliphatic heterocycles. The third-order valence-electron chi connectivity index (χ3n) is 7.11. The molecular formula is C26H26F3NO3. The third-order valence-corrected chi connectivity index (χ3v) is 7.11. The van der Waals surface area contributed by atoms with E-state index < -0.39 is 23.8 Å². The smallest absolute Gasteiger partial charge is 0.416 e. The van der Waals surface area contributed by atoms with Crippen LogP contribution in [0.1, 0.15) is 79.0 Å². The van der Waals surface area contributed by atoms with E-state index in [1.807, 2.05) is 24.3 Å². The van der Waals surface area contributed by atoms with E-state index in [9.17, 15) is 23.1 Å². The van der Waals surface area contributed by atoms with Crippen molar-refractivity contribution in [1.29, 1.82) is 0 Å². The number of nitrogens with one attached hydrogen (secondary N) is 1. The van der Waals surface area contributed by atoms with Gasteiger partial charge in [-0.1, -0.05) is 43.2 Å². The van der Waals surface area contributed by atoms with Crippen LogP contribution in [0.4, 0.5) is 13.2 Å². The fourth-order valence-corrected chi connectivity index (χ4v) is 5.66. The Balaban J connectivity index is 1.53. The van der Waals surface area contributed by atoms with Gasteiger partial charge in [-0.3, -0.25) is 4.79 Å². The normalized spacial score (nSPS) is 22.0. The Morgan fingerprint density at radius 1 is 1.12 bits per heavy atom. The van der Waals surface area contributed by atoms with Gasteiger partial charge in [0.2, 0.25) is 0 Å². The highest BCUT2D eigenvalue weighted by Gasteiger charge is 2.40. The quantitative estimate of drug-likeness (QED) is 0.414. The lowest BCUT2D eigenvalue weighted by Gasteiger charge is -2.29. The Morgan fingerprint density at radius 3 is 2.61 bits per heavy atom. The Hall–Kier alpha value is -2.80. The van der Waals surface area contributed by atoms with Crippen molar-refractivity contribution in [3.63, 3.8) is 0 Å². The zero-order valence-electron chi connectivity index (χ0n) is 18.1. The summed E-state index contributed by atoms with van der Waals surface area (Å²) >= 11 is 0. The highest BCUT2D eigenvalue weighted by Crippen LogP contribution is 2.51. The van der Waals surface area contributed by atoms with Gasteiger partial charge < -0.3 is 14.8 Å². The second-order valence-electron chi connectivity index (χ2n) is 9.24. The average molecular weight is 457 g/mol. The fourth-order valence-electron chi connectivity index (χ4n) is 5.66. The number of hydrogen-bond acceptors (Lipinski definition) is 2. The molecule has 0 amide bonds. The molecule has 5 rings (SSSR count). The molecule has 4 nitrogen and oxygen atoms in total. The second kappa shape index (κ2) is 8.52. The van der Waals surface area contributed by atoms with Gasteiger partial charge in [0.1, 0.15) is 0 Å². The van der Waals surface area contributed by atoms with Crippen molar-refractivity contribution in [3.05, 3.63) is 70.9 Å². The number of rotatable bonds is 6. The summed E-state index contributed by atoms with van der Waals surface area (Å²) in [4.78, 5) is 14.9. The highest BCUT2D eigenvalue weighted by atomic mass is 19.4. The number of benzene rings is 2. The summed E-state index contributed by atoms with van der Waals surface area (Å²) in [7, 11) is 0. The molecule has 3 atom stereocenters. The van der Waals surface area contributed by atoms with Crippen molar-refractivity contribution >= 4 is 16.9 Å². The van der Waals surface area contributed by atoms with E-state index in [1.54, 1.807) is 6.07 Å². The molecule has 7 heteroatoms. The van der Waals surface area contributed by atoms with Gasteiger partial charge in [-0.25, -0.2) is 0 Å². The molecule has 0 saturated heterocycles. The van der Waals surface area contributed by atoms with E-state index in [2.05, 4.69) is 4.98 Å². The van der Waals surface area contributed by atoms with Gasteiger partial charge >= 0.3 is 12.1 Å². The van der Waals surface area contributed by atoms with Crippen LogP contribution in [-0.2, 0) is 15.7 Å². The van der Waals surface area contributed by atoms with E-state index in [-0.39, 0.29) is 24.4 Å². The maximum Gasteiger partial charge on any atom is 0.416 e. The van der Waals surface area contributed by atoms with Crippen molar-refractivity contribution in [2.45, 2.75) is 62.8 Å². The van der Waals surface area contributed by atoms with E-state index in [4.69, 9.17) is 4.74 Å². The second-order valence-corrected chi connectivity index (χ2v) is 9.24. The lowest BCUT2D eigenvalue weighted by molar-refractivity contribution is -0.138. The van der Waals surface area contributed by atoms with Crippen LogP contribution in [0.5, 0.6) is 0 Å². The minimum absolute atomic E-state index is 0.0165. The summed E-state index contributed by atoms with van der Waals surface area (Å²) in [5, 5.41) is 10.4. The molecule has 2 aliphatic carbocycles. The fraction of sp³-hybridized carbons (Fsp3) is 0.423. The van der Waals surface area contributed by atoms with Gasteiger partial charge in [0.25, 0.3) is 0 Å². The van der Waals surface area contributed by atoms with Crippen LogP contribution < -0.4 is 0 Å². The maximum absolute atomic E-state index is 13.4. The number of hydrogen-bond donors (Lipinski definition) is 2. The molecule has 0 spiro atoms. The number of carboxylic acids is 1. The minimum atomic E-state index is -4.42. The standard InChI is InChI=1S/C26H26F3NO3/c27-26(28,29)18-9-5-8-16(12-18)25(15-6-1-2-7-15)33-21-13-17(14-22(31)32)24-23(21)19-10-3-4-11-20(19)30-24/h3-5,8-12,15,17,21,25,30H,1-2,6-7,13-14H2,(H,31,32)/t17?,21?,25-/m1/s1. The number of aromatic nitrogens is 1. The van der Waals surface area contributed by atoms with Crippen LogP contribution in [-0.4, -0.2) is 16.1 Å². The van der Waals surface area contributed by atoms with Crippen LogP contribution in [0, 0.1) is 5.92 Å². The lowest BCUT2D eigenvalue weighted by Crippen LogP contribution is -2.17. The number of para-hydroxylation sites is 1. The highest BCUT2D eigenvalue weighted by molar-refractivity contribution is 5.86. The zero-order chi connectivity index (χ0) is 23.2. The van der Waals surface area contributed by atoms with Gasteiger partial charge in [-0.05, 0) is 48.9 Å². The van der Waals surface area contributed by atoms with E-state index in [1.165, 1.54) is 12.1 Å². The first kappa shape index (κ1) is 22.0. The number of ether oxygens (including phenoxy) is 1. The van der Waals surface area contributed by atoms with Crippen LogP contribution in [0.3, 0.4) is 0 Å². The van der Waals surface area contributed by atoms with Crippen LogP contribution in [0.25, 0.3) is 10.9 Å². The Bertz CT molecular complexity index is 1160. The molecule has 2 aliphatic rings. The van der Waals surface area contributed by atoms with Gasteiger partial charge in [0.05, 0.1) is 24.2 Å². The van der Waals surface area contributed by atoms with E-state index in [0.717, 1.165) is 53.9 Å². The molecule has 1 saturated carbocycles. The van der Waals surface area contributed by atoms with Crippen molar-refractivity contribution < 1.29 is 27.8 Å². The summed E-state index contributed by atoms with van der Waals surface area (Å²) in [5.41, 5.74) is 2.61. The van der Waals surface area contributed by atoms with Gasteiger partial charge in [-0.15, -0.1) is 0 Å². The molecule has 1 heterocycles. The maximum atomic E-state index is 13.4. The predicted octanol–water partition coefficient (Wildman–Crippen LogP) is 7.14. The summed E-state index contributed by atoms with van der Waals surface area (Å²) in [6, 6.07) is 13.2. The number of H-pyrrole nitrogens is 1. The first-order valence-corrected chi connectivity index (χ1v) is 11.5. The van der Waals surface area contributed by atoms with Crippen LogP contribution in [0.15, 0.2) is 48.5 Å². The molecule has 2 N–H and O–H groups in total. The average Bonchev–Trinajstić information content (AvgIpc) is 3.49. The van der Waals surface area contributed by atoms with Crippen LogP contribution in [0.2, 0.25) is 0 Å². The van der Waals surface area contributed by atoms with Gasteiger partial charge in [0, 0.05) is 28.1 Å². The molecule has 174 valence electrons. The monoisotopic (exact) mass is 457 g/mol. The number of carboxylic acid groups (broad SMARTS) is 1. The molecule has 33 heavy (non-hydrogen) atoms. The van der Waals surface area contributed by atoms with E-state index >= 15 is 0 Å². The number of aliphatic carboxylic acids is 1. The van der Waals surface area contributed by atoms with Crippen molar-refractivity contribution in [1.82, 2.24) is 4.98 Å². The largest absolute Gasteiger partial charge is 0.481 e. The Labute approximate surface area is 189 Å². The molecule has 0 radical (unpaired) electrons. The summed E-state index contributed by atoms with van der Waals surface area (Å²) in [6.07, 6.45) is -0.884. The summed E-state index contributed by atoms with van der Waals surface area (Å²) < 4.78 is 46.9. The predicted molar refractivity (Wildman–Crippen MR) is 118 cm³/mol. The number of carbonyl (C=O) groups is 1. The summed E-state index contributed by atoms with van der Waals surface area (Å²) in [6.45, 7) is 0. The van der Waals surface area contributed by atoms with Crippen molar-refractivity contribution in [2.75, 3.05) is 0 Å². The first-order valence-electron chi connectivity index (χ1n) is 11.5. The molecule has 3 aromatic rings. The van der Waals surface area contributed by atoms with Crippen molar-refractivity contribution in [3.8, 4) is 0 Å². The molecule has 1 aromatic heterocycles. The molecule has 1 fully saturated rings. The van der Waals surface area contributed by atoms with Crippen molar-refractivity contribution in [2.24, 2.45) is 5.92 Å². The zero-order valence-corrected chi connectivity index (χ0v) is 18.1. The molecule has 2 aromatic carbocycles. The van der Waals surface area contributed by atoms with Gasteiger partial charge in [-0.2, -0.15) is 13.2 Å². The van der Waals surface area contributed by atoms with Crippen LogP contribution >= 0.6 is 0 Å². The third kappa shape index (κ3) is 4.26. The molecular weight excluding hydrogens is 431 g/mol. The molecule has 0 bridgehead atoms. The number of alkyl halides is 3. The lowest BCUT2D eigenvalue weighted by atomic mass is 9.92.